The van der Waals surface area contributed by atoms with Crippen molar-refractivity contribution < 1.29 is 22.8 Å². The van der Waals surface area contributed by atoms with Gasteiger partial charge in [-0.05, 0) is 18.2 Å². The zero-order chi connectivity index (χ0) is 17.5. The van der Waals surface area contributed by atoms with Gasteiger partial charge in [-0.25, -0.2) is 14.8 Å². The summed E-state index contributed by atoms with van der Waals surface area (Å²) in [5.74, 6) is -3.57. The Balaban J connectivity index is 2.51. The number of anilines is 1. The maximum absolute atomic E-state index is 13.0. The molecule has 1 aliphatic rings. The number of carbonyl (C=O) groups excluding carboxylic acids is 2. The van der Waals surface area contributed by atoms with Crippen LogP contribution in [0.1, 0.15) is 0 Å². The first-order chi connectivity index (χ1) is 10.5. The van der Waals surface area contributed by atoms with E-state index in [0.717, 1.165) is 9.91 Å². The number of alkyl halides is 3. The minimum Gasteiger partial charge on any atom is -0.329 e. The van der Waals surface area contributed by atoms with Gasteiger partial charge in [0.15, 0.2) is 5.92 Å². The molecule has 1 heterocycles. The zero-order valence-electron chi connectivity index (χ0n) is 12.1. The Kier molecular flexibility index (Phi) is 4.68. The topological polar surface area (TPSA) is 43.9 Å². The van der Waals surface area contributed by atoms with Crippen LogP contribution in [0, 0.1) is 5.92 Å². The van der Waals surface area contributed by atoms with Crippen LogP contribution in [0.2, 0.25) is 10.0 Å². The molecule has 3 amide bonds. The lowest BCUT2D eigenvalue weighted by Gasteiger charge is -2.30. The molecule has 23 heavy (non-hydrogen) atoms. The van der Waals surface area contributed by atoms with Gasteiger partial charge in [-0.2, -0.15) is 13.2 Å². The van der Waals surface area contributed by atoms with Gasteiger partial charge in [0.1, 0.15) is 0 Å². The molecule has 0 aromatic heterocycles. The molecule has 5 nitrogen and oxygen atoms in total. The smallest absolute Gasteiger partial charge is 0.329 e. The van der Waals surface area contributed by atoms with Crippen LogP contribution < -0.4 is 5.01 Å². The number of benzene rings is 1. The number of hydrogen-bond acceptors (Lipinski definition) is 2. The van der Waals surface area contributed by atoms with Crippen LogP contribution in [0.5, 0.6) is 0 Å². The van der Waals surface area contributed by atoms with E-state index in [1.165, 1.54) is 32.3 Å². The second-order valence-electron chi connectivity index (χ2n) is 5.10. The highest BCUT2D eigenvalue weighted by Crippen LogP contribution is 2.39. The lowest BCUT2D eigenvalue weighted by atomic mass is 10.1. The molecule has 0 spiro atoms. The SMILES string of the molecule is CN(C)C(=O)N1CC(C(F)(F)F)C(=O)N1c1ccc(Cl)cc1Cl. The molecule has 1 saturated heterocycles. The summed E-state index contributed by atoms with van der Waals surface area (Å²) in [5.41, 5.74) is -0.0389. The van der Waals surface area contributed by atoms with Gasteiger partial charge in [-0.3, -0.25) is 4.79 Å². The predicted molar refractivity (Wildman–Crippen MR) is 79.3 cm³/mol. The minimum atomic E-state index is -4.77. The summed E-state index contributed by atoms with van der Waals surface area (Å²) in [6.07, 6.45) is -4.77. The number of amides is 3. The molecule has 1 aromatic rings. The van der Waals surface area contributed by atoms with Crippen molar-refractivity contribution in [1.29, 1.82) is 0 Å². The average Bonchev–Trinajstić information content (AvgIpc) is 2.75. The van der Waals surface area contributed by atoms with Gasteiger partial charge < -0.3 is 4.90 Å². The maximum atomic E-state index is 13.0. The van der Waals surface area contributed by atoms with E-state index in [-0.39, 0.29) is 15.7 Å². The Labute approximate surface area is 140 Å². The monoisotopic (exact) mass is 369 g/mol. The van der Waals surface area contributed by atoms with Crippen molar-refractivity contribution in [2.75, 3.05) is 25.6 Å². The highest BCUT2D eigenvalue weighted by Gasteiger charge is 2.55. The summed E-state index contributed by atoms with van der Waals surface area (Å²) in [6.45, 7) is -0.807. The standard InChI is InChI=1S/C13H12Cl2F3N3O2/c1-19(2)12(23)20-6-8(13(16,17)18)11(22)21(20)10-4-3-7(14)5-9(10)15/h3-5,8H,6H2,1-2H3. The fourth-order valence-electron chi connectivity index (χ4n) is 2.14. The second kappa shape index (κ2) is 6.09. The Morgan fingerprint density at radius 3 is 2.39 bits per heavy atom. The third kappa shape index (κ3) is 3.32. The first-order valence-electron chi connectivity index (χ1n) is 6.38. The normalized spacial score (nSPS) is 18.6. The van der Waals surface area contributed by atoms with Crippen LogP contribution in [0.15, 0.2) is 18.2 Å². The van der Waals surface area contributed by atoms with E-state index in [2.05, 4.69) is 0 Å². The molecule has 126 valence electrons. The van der Waals surface area contributed by atoms with Crippen LogP contribution in [0.4, 0.5) is 23.7 Å². The van der Waals surface area contributed by atoms with Crippen molar-refractivity contribution in [1.82, 2.24) is 9.91 Å². The van der Waals surface area contributed by atoms with Gasteiger partial charge in [0.05, 0.1) is 17.3 Å². The van der Waals surface area contributed by atoms with E-state index in [0.29, 0.717) is 5.01 Å². The second-order valence-corrected chi connectivity index (χ2v) is 5.94. The average molecular weight is 370 g/mol. The number of halogens is 5. The Hall–Kier alpha value is -1.67. The number of hydrogen-bond donors (Lipinski definition) is 0. The fourth-order valence-corrected chi connectivity index (χ4v) is 2.63. The summed E-state index contributed by atoms with van der Waals surface area (Å²) in [5, 5.41) is 1.59. The lowest BCUT2D eigenvalue weighted by molar-refractivity contribution is -0.175. The van der Waals surface area contributed by atoms with Crippen molar-refractivity contribution >= 4 is 40.8 Å². The predicted octanol–water partition coefficient (Wildman–Crippen LogP) is 3.42. The molecule has 1 aliphatic heterocycles. The van der Waals surface area contributed by atoms with Crippen molar-refractivity contribution in [3.05, 3.63) is 28.2 Å². The summed E-state index contributed by atoms with van der Waals surface area (Å²) >= 11 is 11.7. The summed E-state index contributed by atoms with van der Waals surface area (Å²) in [6, 6.07) is 3.17. The largest absolute Gasteiger partial charge is 0.402 e. The number of carbonyl (C=O) groups is 2. The van der Waals surface area contributed by atoms with Gasteiger partial charge in [0.25, 0.3) is 5.91 Å². The van der Waals surface area contributed by atoms with E-state index in [9.17, 15) is 22.8 Å². The molecule has 1 atom stereocenters. The highest BCUT2D eigenvalue weighted by molar-refractivity contribution is 6.36. The van der Waals surface area contributed by atoms with E-state index in [1.54, 1.807) is 0 Å². The molecule has 0 aliphatic carbocycles. The summed E-state index contributed by atoms with van der Waals surface area (Å²) < 4.78 is 39.1. The molecule has 0 bridgehead atoms. The fraction of sp³-hybridized carbons (Fsp3) is 0.385. The number of rotatable bonds is 1. The third-order valence-electron chi connectivity index (χ3n) is 3.24. The van der Waals surface area contributed by atoms with Crippen molar-refractivity contribution in [2.45, 2.75) is 6.18 Å². The van der Waals surface area contributed by atoms with Crippen LogP contribution >= 0.6 is 23.2 Å². The molecular weight excluding hydrogens is 358 g/mol. The zero-order valence-corrected chi connectivity index (χ0v) is 13.6. The van der Waals surface area contributed by atoms with E-state index in [4.69, 9.17) is 23.2 Å². The number of urea groups is 1. The third-order valence-corrected chi connectivity index (χ3v) is 3.78. The molecule has 1 fully saturated rings. The molecular formula is C13H12Cl2F3N3O2. The molecule has 10 heteroatoms. The Bertz CT molecular complexity index is 652. The number of nitrogens with zero attached hydrogens (tertiary/aromatic N) is 3. The van der Waals surface area contributed by atoms with Crippen LogP contribution in [0.3, 0.4) is 0 Å². The first-order valence-corrected chi connectivity index (χ1v) is 7.14. The van der Waals surface area contributed by atoms with Gasteiger partial charge in [0.2, 0.25) is 0 Å². The molecule has 0 N–H and O–H groups in total. The molecule has 1 aromatic carbocycles. The Morgan fingerprint density at radius 1 is 1.30 bits per heavy atom. The van der Waals surface area contributed by atoms with E-state index < -0.39 is 30.6 Å². The lowest BCUT2D eigenvalue weighted by Crippen LogP contribution is -2.47. The minimum absolute atomic E-state index is 0.0368. The molecule has 0 saturated carbocycles. The summed E-state index contributed by atoms with van der Waals surface area (Å²) in [7, 11) is 2.74. The van der Waals surface area contributed by atoms with Gasteiger partial charge >= 0.3 is 12.2 Å². The quantitative estimate of drug-likeness (QED) is 0.761. The van der Waals surface area contributed by atoms with E-state index in [1.807, 2.05) is 0 Å². The maximum Gasteiger partial charge on any atom is 0.402 e. The van der Waals surface area contributed by atoms with Crippen molar-refractivity contribution in [3.8, 4) is 0 Å². The van der Waals surface area contributed by atoms with Crippen LogP contribution in [-0.2, 0) is 4.79 Å². The van der Waals surface area contributed by atoms with Gasteiger partial charge in [-0.1, -0.05) is 23.2 Å². The van der Waals surface area contributed by atoms with Crippen LogP contribution in [0.25, 0.3) is 0 Å². The van der Waals surface area contributed by atoms with Crippen LogP contribution in [-0.4, -0.2) is 48.7 Å². The molecule has 1 unspecified atom stereocenters. The summed E-state index contributed by atoms with van der Waals surface area (Å²) in [4.78, 5) is 25.4. The Morgan fingerprint density at radius 2 is 1.91 bits per heavy atom. The number of hydrazine groups is 1. The molecule has 0 radical (unpaired) electrons. The highest BCUT2D eigenvalue weighted by atomic mass is 35.5. The van der Waals surface area contributed by atoms with Gasteiger partial charge in [0, 0.05) is 19.1 Å². The first kappa shape index (κ1) is 17.7. The van der Waals surface area contributed by atoms with E-state index >= 15 is 0 Å². The molecule has 2 rings (SSSR count). The van der Waals surface area contributed by atoms with Gasteiger partial charge in [-0.15, -0.1) is 0 Å². The van der Waals surface area contributed by atoms with Crippen molar-refractivity contribution in [3.63, 3.8) is 0 Å². The van der Waals surface area contributed by atoms with Crippen molar-refractivity contribution in [2.24, 2.45) is 5.92 Å².